The molecule has 1 N–H and O–H groups in total. The average molecular weight is 280 g/mol. The van der Waals surface area contributed by atoms with Crippen molar-refractivity contribution in [1.29, 1.82) is 0 Å². The van der Waals surface area contributed by atoms with Crippen molar-refractivity contribution < 1.29 is 0 Å². The minimum absolute atomic E-state index is 0.107. The Bertz CT molecular complexity index is 390. The van der Waals surface area contributed by atoms with Crippen LogP contribution in [-0.2, 0) is 19.0 Å². The predicted molar refractivity (Wildman–Crippen MR) is 86.0 cm³/mol. The first-order valence-electron chi connectivity index (χ1n) is 7.84. The summed E-state index contributed by atoms with van der Waals surface area (Å²) in [5.41, 5.74) is 2.63. The number of hydrogen-bond acceptors (Lipinski definition) is 3. The van der Waals surface area contributed by atoms with Gasteiger partial charge in [-0.2, -0.15) is 5.10 Å². The first kappa shape index (κ1) is 17.2. The molecule has 0 aliphatic rings. The second-order valence-electron chi connectivity index (χ2n) is 6.54. The Morgan fingerprint density at radius 2 is 1.95 bits per heavy atom. The zero-order chi connectivity index (χ0) is 15.2. The van der Waals surface area contributed by atoms with Crippen molar-refractivity contribution in [3.05, 3.63) is 17.5 Å². The molecule has 0 fully saturated rings. The Labute approximate surface area is 124 Å². The summed E-state index contributed by atoms with van der Waals surface area (Å²) in [6.07, 6.45) is 3.36. The van der Waals surface area contributed by atoms with E-state index in [9.17, 15) is 0 Å². The maximum atomic E-state index is 4.61. The van der Waals surface area contributed by atoms with Crippen molar-refractivity contribution in [3.63, 3.8) is 0 Å². The van der Waals surface area contributed by atoms with Crippen LogP contribution < -0.4 is 5.32 Å². The van der Waals surface area contributed by atoms with Gasteiger partial charge >= 0.3 is 0 Å². The topological polar surface area (TPSA) is 33.1 Å². The molecule has 1 aromatic rings. The quantitative estimate of drug-likeness (QED) is 0.743. The molecule has 0 aliphatic heterocycles. The molecule has 0 bridgehead atoms. The summed E-state index contributed by atoms with van der Waals surface area (Å²) in [5, 5.41) is 8.16. The van der Waals surface area contributed by atoms with Gasteiger partial charge in [-0.3, -0.25) is 4.68 Å². The van der Waals surface area contributed by atoms with Crippen LogP contribution in [0.1, 0.15) is 52.3 Å². The van der Waals surface area contributed by atoms with Crippen LogP contribution in [0.4, 0.5) is 0 Å². The van der Waals surface area contributed by atoms with Gasteiger partial charge in [0.2, 0.25) is 0 Å². The monoisotopic (exact) mass is 280 g/mol. The Kier molecular flexibility index (Phi) is 6.69. The lowest BCUT2D eigenvalue weighted by atomic mass is 9.89. The maximum absolute atomic E-state index is 4.61. The third-order valence-electron chi connectivity index (χ3n) is 3.52. The number of aromatic nitrogens is 2. The molecule has 116 valence electrons. The van der Waals surface area contributed by atoms with Gasteiger partial charge in [0.05, 0.1) is 5.69 Å². The number of nitrogens with zero attached hydrogens (tertiary/aromatic N) is 3. The lowest BCUT2D eigenvalue weighted by Gasteiger charge is -2.20. The average Bonchev–Trinajstić information content (AvgIpc) is 2.74. The van der Waals surface area contributed by atoms with E-state index in [0.29, 0.717) is 0 Å². The molecule has 4 nitrogen and oxygen atoms in total. The SMILES string of the molecule is CCCN(CC)CCNCc1cn(C)nc1C(C)(C)C. The van der Waals surface area contributed by atoms with Crippen molar-refractivity contribution in [1.82, 2.24) is 20.0 Å². The molecule has 0 spiro atoms. The fourth-order valence-electron chi connectivity index (χ4n) is 2.50. The first-order valence-corrected chi connectivity index (χ1v) is 7.84. The molecule has 0 saturated heterocycles. The Morgan fingerprint density at radius 3 is 2.50 bits per heavy atom. The molecular weight excluding hydrogens is 248 g/mol. The molecule has 0 amide bonds. The second kappa shape index (κ2) is 7.79. The minimum Gasteiger partial charge on any atom is -0.311 e. The van der Waals surface area contributed by atoms with E-state index in [1.54, 1.807) is 0 Å². The fourth-order valence-corrected chi connectivity index (χ4v) is 2.50. The van der Waals surface area contributed by atoms with Crippen LogP contribution in [0.25, 0.3) is 0 Å². The zero-order valence-corrected chi connectivity index (χ0v) is 14.2. The van der Waals surface area contributed by atoms with Gasteiger partial charge in [-0.1, -0.05) is 34.6 Å². The standard InChI is InChI=1S/C16H32N4/c1-7-10-20(8-2)11-9-17-12-14-13-19(6)18-15(14)16(3,4)5/h13,17H,7-12H2,1-6H3. The van der Waals surface area contributed by atoms with Crippen LogP contribution in [0.15, 0.2) is 6.20 Å². The lowest BCUT2D eigenvalue weighted by Crippen LogP contribution is -2.32. The van der Waals surface area contributed by atoms with Gasteiger partial charge in [0.1, 0.15) is 0 Å². The summed E-state index contributed by atoms with van der Waals surface area (Å²) < 4.78 is 1.92. The van der Waals surface area contributed by atoms with E-state index in [-0.39, 0.29) is 5.41 Å². The largest absolute Gasteiger partial charge is 0.311 e. The van der Waals surface area contributed by atoms with Gasteiger partial charge in [0.15, 0.2) is 0 Å². The summed E-state index contributed by atoms with van der Waals surface area (Å²) in [6, 6.07) is 0. The molecule has 0 aromatic carbocycles. The molecular formula is C16H32N4. The molecule has 1 heterocycles. The predicted octanol–water partition coefficient (Wildman–Crippen LogP) is 2.54. The molecule has 0 saturated carbocycles. The summed E-state index contributed by atoms with van der Waals surface area (Å²) in [5.74, 6) is 0. The Balaban J connectivity index is 2.46. The Morgan fingerprint density at radius 1 is 1.25 bits per heavy atom. The number of nitrogens with one attached hydrogen (secondary N) is 1. The van der Waals surface area contributed by atoms with Gasteiger partial charge < -0.3 is 10.2 Å². The summed E-state index contributed by atoms with van der Waals surface area (Å²) >= 11 is 0. The highest BCUT2D eigenvalue weighted by Crippen LogP contribution is 2.23. The van der Waals surface area contributed by atoms with Gasteiger partial charge in [0.25, 0.3) is 0 Å². The Hall–Kier alpha value is -0.870. The first-order chi connectivity index (χ1) is 9.38. The van der Waals surface area contributed by atoms with Gasteiger partial charge in [-0.05, 0) is 19.5 Å². The van der Waals surface area contributed by atoms with Crippen molar-refractivity contribution in [2.75, 3.05) is 26.2 Å². The van der Waals surface area contributed by atoms with Gasteiger partial charge in [-0.15, -0.1) is 0 Å². The summed E-state index contributed by atoms with van der Waals surface area (Å²) in [6.45, 7) is 16.5. The van der Waals surface area contributed by atoms with Crippen LogP contribution in [-0.4, -0.2) is 40.9 Å². The van der Waals surface area contributed by atoms with Gasteiger partial charge in [-0.25, -0.2) is 0 Å². The number of aryl methyl sites for hydroxylation is 1. The van der Waals surface area contributed by atoms with E-state index in [0.717, 1.165) is 26.2 Å². The molecule has 1 rings (SSSR count). The van der Waals surface area contributed by atoms with Crippen LogP contribution >= 0.6 is 0 Å². The van der Waals surface area contributed by atoms with E-state index in [1.165, 1.54) is 24.2 Å². The maximum Gasteiger partial charge on any atom is 0.0722 e. The molecule has 0 radical (unpaired) electrons. The van der Waals surface area contributed by atoms with Crippen molar-refractivity contribution >= 4 is 0 Å². The number of rotatable bonds is 8. The summed E-state index contributed by atoms with van der Waals surface area (Å²) in [4.78, 5) is 2.49. The smallest absolute Gasteiger partial charge is 0.0722 e. The second-order valence-corrected chi connectivity index (χ2v) is 6.54. The van der Waals surface area contributed by atoms with Crippen molar-refractivity contribution in [2.45, 2.75) is 53.0 Å². The van der Waals surface area contributed by atoms with Crippen molar-refractivity contribution in [2.24, 2.45) is 7.05 Å². The summed E-state index contributed by atoms with van der Waals surface area (Å²) in [7, 11) is 2.00. The van der Waals surface area contributed by atoms with Crippen molar-refractivity contribution in [3.8, 4) is 0 Å². The van der Waals surface area contributed by atoms with Gasteiger partial charge in [0, 0.05) is 43.9 Å². The molecule has 0 unspecified atom stereocenters. The molecule has 0 atom stereocenters. The van der Waals surface area contributed by atoms with Crippen LogP contribution in [0.3, 0.4) is 0 Å². The molecule has 0 aliphatic carbocycles. The third-order valence-corrected chi connectivity index (χ3v) is 3.52. The van der Waals surface area contributed by atoms with E-state index in [1.807, 2.05) is 11.7 Å². The minimum atomic E-state index is 0.107. The highest BCUT2D eigenvalue weighted by molar-refractivity contribution is 5.23. The van der Waals surface area contributed by atoms with E-state index < -0.39 is 0 Å². The van der Waals surface area contributed by atoms with Crippen LogP contribution in [0.5, 0.6) is 0 Å². The lowest BCUT2D eigenvalue weighted by molar-refractivity contribution is 0.287. The van der Waals surface area contributed by atoms with Crippen LogP contribution in [0.2, 0.25) is 0 Å². The number of hydrogen-bond donors (Lipinski definition) is 1. The number of likely N-dealkylation sites (N-methyl/N-ethyl adjacent to an activating group) is 1. The molecule has 20 heavy (non-hydrogen) atoms. The van der Waals surface area contributed by atoms with E-state index >= 15 is 0 Å². The van der Waals surface area contributed by atoms with E-state index in [2.05, 4.69) is 56.1 Å². The normalized spacial score (nSPS) is 12.3. The third kappa shape index (κ3) is 5.25. The van der Waals surface area contributed by atoms with Crippen LogP contribution in [0, 0.1) is 0 Å². The highest BCUT2D eigenvalue weighted by Gasteiger charge is 2.21. The highest BCUT2D eigenvalue weighted by atomic mass is 15.3. The van der Waals surface area contributed by atoms with E-state index in [4.69, 9.17) is 0 Å². The zero-order valence-electron chi connectivity index (χ0n) is 14.2. The molecule has 4 heteroatoms. The molecule has 1 aromatic heterocycles. The fraction of sp³-hybridized carbons (Fsp3) is 0.812.